The lowest BCUT2D eigenvalue weighted by molar-refractivity contribution is -0.129. The number of amidine groups is 1. The summed E-state index contributed by atoms with van der Waals surface area (Å²) in [4.78, 5) is 31.6. The third-order valence-electron chi connectivity index (χ3n) is 4.48. The summed E-state index contributed by atoms with van der Waals surface area (Å²) in [7, 11) is 1.60. The molecule has 1 fully saturated rings. The zero-order valence-corrected chi connectivity index (χ0v) is 18.1. The van der Waals surface area contributed by atoms with Gasteiger partial charge in [0.15, 0.2) is 5.17 Å². The van der Waals surface area contributed by atoms with E-state index in [9.17, 15) is 9.59 Å². The molecule has 1 atom stereocenters. The lowest BCUT2D eigenvalue weighted by Crippen LogP contribution is -2.45. The molecule has 0 aromatic heterocycles. The molecule has 2 aromatic rings. The van der Waals surface area contributed by atoms with E-state index in [1.807, 2.05) is 26.0 Å². The molecule has 7 nitrogen and oxygen atoms in total. The Morgan fingerprint density at radius 1 is 1.13 bits per heavy atom. The number of ether oxygens (including phenoxy) is 2. The monoisotopic (exact) mass is 427 g/mol. The highest BCUT2D eigenvalue weighted by atomic mass is 32.2. The molecule has 1 N–H and O–H groups in total. The fourth-order valence-corrected chi connectivity index (χ4v) is 4.11. The van der Waals surface area contributed by atoms with Gasteiger partial charge in [-0.15, -0.1) is 0 Å². The highest BCUT2D eigenvalue weighted by Gasteiger charge is 2.35. The van der Waals surface area contributed by atoms with E-state index >= 15 is 0 Å². The molecule has 1 heterocycles. The van der Waals surface area contributed by atoms with Gasteiger partial charge in [0.1, 0.15) is 16.7 Å². The van der Waals surface area contributed by atoms with Gasteiger partial charge in [0.05, 0.1) is 19.4 Å². The Morgan fingerprint density at radius 3 is 2.40 bits per heavy atom. The average molecular weight is 428 g/mol. The highest BCUT2D eigenvalue weighted by molar-refractivity contribution is 8.15. The molecule has 1 aliphatic heterocycles. The number of nitrogens with one attached hydrogen (secondary N) is 1. The lowest BCUT2D eigenvalue weighted by Gasteiger charge is -2.30. The molecule has 2 amide bonds. The summed E-state index contributed by atoms with van der Waals surface area (Å²) in [6, 6.07) is 14.4. The van der Waals surface area contributed by atoms with Crippen molar-refractivity contribution in [1.29, 1.82) is 0 Å². The molecular weight excluding hydrogens is 402 g/mol. The molecule has 3 rings (SSSR count). The van der Waals surface area contributed by atoms with E-state index < -0.39 is 5.25 Å². The zero-order chi connectivity index (χ0) is 21.5. The van der Waals surface area contributed by atoms with Crippen molar-refractivity contribution in [3.8, 4) is 11.5 Å². The van der Waals surface area contributed by atoms with Crippen LogP contribution in [0.1, 0.15) is 20.3 Å². The Hall–Kier alpha value is -3.00. The number of carbonyl (C=O) groups is 2. The first-order valence-corrected chi connectivity index (χ1v) is 10.7. The van der Waals surface area contributed by atoms with Crippen molar-refractivity contribution in [2.24, 2.45) is 4.99 Å². The van der Waals surface area contributed by atoms with Gasteiger partial charge in [-0.3, -0.25) is 14.5 Å². The Labute approximate surface area is 180 Å². The maximum atomic E-state index is 12.8. The van der Waals surface area contributed by atoms with E-state index in [-0.39, 0.29) is 18.2 Å². The average Bonchev–Trinajstić information content (AvgIpc) is 2.75. The van der Waals surface area contributed by atoms with Crippen LogP contribution in [0.3, 0.4) is 0 Å². The summed E-state index contributed by atoms with van der Waals surface area (Å²) in [6.45, 7) is 4.88. The topological polar surface area (TPSA) is 80.2 Å². The minimum absolute atomic E-state index is 0.115. The van der Waals surface area contributed by atoms with Crippen LogP contribution in [-0.4, -0.2) is 47.4 Å². The van der Waals surface area contributed by atoms with Crippen molar-refractivity contribution in [1.82, 2.24) is 4.90 Å². The smallest absolute Gasteiger partial charge is 0.238 e. The number of hydrogen-bond donors (Lipinski definition) is 1. The maximum Gasteiger partial charge on any atom is 0.238 e. The number of hydrogen-bond acceptors (Lipinski definition) is 6. The fraction of sp³-hybridized carbons (Fsp3) is 0.318. The van der Waals surface area contributed by atoms with Crippen molar-refractivity contribution in [2.45, 2.75) is 25.5 Å². The molecule has 1 saturated heterocycles. The molecule has 1 aliphatic rings. The molecule has 158 valence electrons. The standard InChI is InChI=1S/C22H25N3O4S/c1-4-25-20(26)14-19(21(27)23-15-8-12-18(13-9-15)29-5-2)30-22(25)24-16-6-10-17(28-3)11-7-16/h6-13,19H,4-5,14H2,1-3H3,(H,23,27)/t19-/m1/s1. The van der Waals surface area contributed by atoms with Gasteiger partial charge in [0.2, 0.25) is 11.8 Å². The highest BCUT2D eigenvalue weighted by Crippen LogP contribution is 2.30. The molecule has 0 saturated carbocycles. The second kappa shape index (κ2) is 10.2. The summed E-state index contributed by atoms with van der Waals surface area (Å²) in [6.07, 6.45) is 0.128. The van der Waals surface area contributed by atoms with Crippen LogP contribution >= 0.6 is 11.8 Å². The van der Waals surface area contributed by atoms with E-state index in [0.717, 1.165) is 11.5 Å². The van der Waals surface area contributed by atoms with E-state index in [0.29, 0.717) is 29.7 Å². The minimum atomic E-state index is -0.552. The van der Waals surface area contributed by atoms with Crippen LogP contribution in [0.5, 0.6) is 11.5 Å². The van der Waals surface area contributed by atoms with Crippen LogP contribution in [0.25, 0.3) is 0 Å². The van der Waals surface area contributed by atoms with Gasteiger partial charge in [-0.25, -0.2) is 4.99 Å². The number of aliphatic imine (C=N–C) groups is 1. The number of methoxy groups -OCH3 is 1. The Balaban J connectivity index is 1.74. The van der Waals surface area contributed by atoms with Gasteiger partial charge in [0.25, 0.3) is 0 Å². The molecule has 0 aliphatic carbocycles. The van der Waals surface area contributed by atoms with Gasteiger partial charge in [-0.05, 0) is 62.4 Å². The van der Waals surface area contributed by atoms with Crippen molar-refractivity contribution in [3.05, 3.63) is 48.5 Å². The largest absolute Gasteiger partial charge is 0.497 e. The number of nitrogens with zero attached hydrogens (tertiary/aromatic N) is 2. The van der Waals surface area contributed by atoms with Crippen LogP contribution in [0.15, 0.2) is 53.5 Å². The van der Waals surface area contributed by atoms with Gasteiger partial charge in [-0.1, -0.05) is 11.8 Å². The number of anilines is 1. The number of amides is 2. The first kappa shape index (κ1) is 21.7. The summed E-state index contributed by atoms with van der Waals surface area (Å²) in [5, 5.41) is 2.84. The lowest BCUT2D eigenvalue weighted by atomic mass is 10.2. The Kier molecular flexibility index (Phi) is 7.35. The fourth-order valence-electron chi connectivity index (χ4n) is 2.94. The minimum Gasteiger partial charge on any atom is -0.497 e. The van der Waals surface area contributed by atoms with E-state index in [1.165, 1.54) is 11.8 Å². The number of rotatable bonds is 7. The summed E-state index contributed by atoms with van der Waals surface area (Å²) in [5.74, 6) is 1.13. The van der Waals surface area contributed by atoms with Gasteiger partial charge >= 0.3 is 0 Å². The van der Waals surface area contributed by atoms with Crippen molar-refractivity contribution in [3.63, 3.8) is 0 Å². The molecule has 8 heteroatoms. The van der Waals surface area contributed by atoms with Gasteiger partial charge in [-0.2, -0.15) is 0 Å². The van der Waals surface area contributed by atoms with E-state index in [4.69, 9.17) is 9.47 Å². The normalized spacial score (nSPS) is 17.7. The summed E-state index contributed by atoms with van der Waals surface area (Å²) >= 11 is 1.30. The van der Waals surface area contributed by atoms with Crippen LogP contribution in [0.4, 0.5) is 11.4 Å². The first-order valence-electron chi connectivity index (χ1n) is 9.77. The summed E-state index contributed by atoms with van der Waals surface area (Å²) < 4.78 is 10.6. The number of benzene rings is 2. The van der Waals surface area contributed by atoms with Crippen molar-refractivity contribution < 1.29 is 19.1 Å². The van der Waals surface area contributed by atoms with Crippen LogP contribution in [-0.2, 0) is 9.59 Å². The summed E-state index contributed by atoms with van der Waals surface area (Å²) in [5.41, 5.74) is 1.35. The molecule has 30 heavy (non-hydrogen) atoms. The predicted molar refractivity (Wildman–Crippen MR) is 120 cm³/mol. The van der Waals surface area contributed by atoms with Crippen LogP contribution < -0.4 is 14.8 Å². The maximum absolute atomic E-state index is 12.8. The molecule has 0 bridgehead atoms. The van der Waals surface area contributed by atoms with Crippen LogP contribution in [0.2, 0.25) is 0 Å². The molecular formula is C22H25N3O4S. The third-order valence-corrected chi connectivity index (χ3v) is 5.67. The molecule has 0 spiro atoms. The quantitative estimate of drug-likeness (QED) is 0.720. The second-order valence-electron chi connectivity index (χ2n) is 6.49. The third kappa shape index (κ3) is 5.33. The van der Waals surface area contributed by atoms with Crippen molar-refractivity contribution >= 4 is 40.1 Å². The first-order chi connectivity index (χ1) is 14.5. The Morgan fingerprint density at radius 2 is 1.80 bits per heavy atom. The van der Waals surface area contributed by atoms with Gasteiger partial charge < -0.3 is 14.8 Å². The SMILES string of the molecule is CCOc1ccc(NC(=O)[C@H]2CC(=O)N(CC)C(=Nc3ccc(OC)cc3)S2)cc1. The molecule has 0 radical (unpaired) electrons. The van der Waals surface area contributed by atoms with E-state index in [2.05, 4.69) is 10.3 Å². The van der Waals surface area contributed by atoms with Crippen LogP contribution in [0, 0.1) is 0 Å². The van der Waals surface area contributed by atoms with E-state index in [1.54, 1.807) is 48.4 Å². The number of carbonyl (C=O) groups excluding carboxylic acids is 2. The van der Waals surface area contributed by atoms with Crippen molar-refractivity contribution in [2.75, 3.05) is 25.6 Å². The zero-order valence-electron chi connectivity index (χ0n) is 17.3. The number of thioether (sulfide) groups is 1. The Bertz CT molecular complexity index is 913. The predicted octanol–water partition coefficient (Wildman–Crippen LogP) is 4.07. The van der Waals surface area contributed by atoms with Gasteiger partial charge in [0, 0.05) is 18.7 Å². The molecule has 0 unspecified atom stereocenters. The molecule has 2 aromatic carbocycles. The second-order valence-corrected chi connectivity index (χ2v) is 7.66.